The number of nitrogens with one attached hydrogen (secondary N) is 2. The molecule has 2 N–H and O–H groups in total. The van der Waals surface area contributed by atoms with Crippen molar-refractivity contribution in [3.8, 4) is 11.4 Å². The zero-order chi connectivity index (χ0) is 19.2. The number of rotatable bonds is 6. The van der Waals surface area contributed by atoms with Gasteiger partial charge in [-0.2, -0.15) is 0 Å². The van der Waals surface area contributed by atoms with E-state index < -0.39 is 6.03 Å². The number of nitrogens with zero attached hydrogens (tertiary/aromatic N) is 3. The number of carbonyl (C=O) groups excluding carboxylic acids is 2. The van der Waals surface area contributed by atoms with Crippen molar-refractivity contribution in [1.82, 2.24) is 25.4 Å². The molecule has 0 radical (unpaired) electrons. The molecular formula is C18H22ClN5O2S. The number of urea groups is 1. The lowest BCUT2D eigenvalue weighted by molar-refractivity contribution is -0.119. The number of aromatic nitrogens is 3. The van der Waals surface area contributed by atoms with Gasteiger partial charge in [0.05, 0.1) is 5.02 Å². The molecule has 1 fully saturated rings. The number of imide groups is 1. The van der Waals surface area contributed by atoms with Crippen molar-refractivity contribution in [3.63, 3.8) is 0 Å². The van der Waals surface area contributed by atoms with Crippen molar-refractivity contribution in [2.75, 3.05) is 12.8 Å². The van der Waals surface area contributed by atoms with Gasteiger partial charge in [0.2, 0.25) is 5.91 Å². The summed E-state index contributed by atoms with van der Waals surface area (Å²) < 4.78 is 2.16. The van der Waals surface area contributed by atoms with Crippen LogP contribution in [-0.2, 0) is 4.79 Å². The van der Waals surface area contributed by atoms with Gasteiger partial charge in [0.15, 0.2) is 11.0 Å². The van der Waals surface area contributed by atoms with Crippen LogP contribution in [0.2, 0.25) is 5.02 Å². The van der Waals surface area contributed by atoms with Gasteiger partial charge in [0, 0.05) is 30.8 Å². The number of amides is 3. The number of benzene rings is 1. The van der Waals surface area contributed by atoms with Crippen molar-refractivity contribution in [1.29, 1.82) is 0 Å². The second-order valence-corrected chi connectivity index (χ2v) is 7.79. The van der Waals surface area contributed by atoms with E-state index in [2.05, 4.69) is 25.4 Å². The van der Waals surface area contributed by atoms with E-state index in [1.807, 2.05) is 24.3 Å². The molecule has 0 spiro atoms. The van der Waals surface area contributed by atoms with E-state index >= 15 is 0 Å². The summed E-state index contributed by atoms with van der Waals surface area (Å²) in [4.78, 5) is 23.0. The second kappa shape index (κ2) is 9.23. The molecule has 1 saturated carbocycles. The van der Waals surface area contributed by atoms with E-state index in [-0.39, 0.29) is 12.3 Å². The van der Waals surface area contributed by atoms with Gasteiger partial charge in [-0.1, -0.05) is 48.3 Å². The Hall–Kier alpha value is -2.06. The predicted octanol–water partition coefficient (Wildman–Crippen LogP) is 3.65. The summed E-state index contributed by atoms with van der Waals surface area (Å²) in [7, 11) is 1.47. The SMILES string of the molecule is CNC(=O)NC(=O)CCSc1nnc(-c2ccccc2Cl)n1C1CCCC1. The smallest absolute Gasteiger partial charge is 0.321 e. The highest BCUT2D eigenvalue weighted by molar-refractivity contribution is 7.99. The third-order valence-electron chi connectivity index (χ3n) is 4.51. The van der Waals surface area contributed by atoms with Gasteiger partial charge in [-0.05, 0) is 25.0 Å². The topological polar surface area (TPSA) is 88.9 Å². The Bertz CT molecular complexity index is 820. The highest BCUT2D eigenvalue weighted by Crippen LogP contribution is 2.38. The van der Waals surface area contributed by atoms with Gasteiger partial charge >= 0.3 is 6.03 Å². The first kappa shape index (κ1) is 19.7. The number of thioether (sulfide) groups is 1. The lowest BCUT2D eigenvalue weighted by atomic mass is 10.2. The van der Waals surface area contributed by atoms with E-state index in [0.717, 1.165) is 29.4 Å². The fourth-order valence-electron chi connectivity index (χ4n) is 3.18. The van der Waals surface area contributed by atoms with Crippen molar-refractivity contribution in [2.45, 2.75) is 43.3 Å². The van der Waals surface area contributed by atoms with Crippen molar-refractivity contribution in [2.24, 2.45) is 0 Å². The maximum absolute atomic E-state index is 11.8. The second-order valence-electron chi connectivity index (χ2n) is 6.32. The molecule has 0 saturated heterocycles. The van der Waals surface area contributed by atoms with Crippen LogP contribution in [0.4, 0.5) is 4.79 Å². The van der Waals surface area contributed by atoms with Crippen molar-refractivity contribution in [3.05, 3.63) is 29.3 Å². The Morgan fingerprint density at radius 3 is 2.70 bits per heavy atom. The van der Waals surface area contributed by atoms with Crippen LogP contribution in [0.15, 0.2) is 29.4 Å². The van der Waals surface area contributed by atoms with Crippen LogP contribution in [-0.4, -0.2) is 39.5 Å². The molecule has 3 rings (SSSR count). The highest BCUT2D eigenvalue weighted by Gasteiger charge is 2.25. The first-order chi connectivity index (χ1) is 13.1. The van der Waals surface area contributed by atoms with E-state index in [4.69, 9.17) is 11.6 Å². The zero-order valence-corrected chi connectivity index (χ0v) is 16.6. The maximum atomic E-state index is 11.8. The average molecular weight is 408 g/mol. The normalized spacial score (nSPS) is 14.3. The molecule has 1 aliphatic carbocycles. The van der Waals surface area contributed by atoms with E-state index in [9.17, 15) is 9.59 Å². The maximum Gasteiger partial charge on any atom is 0.321 e. The molecule has 0 unspecified atom stereocenters. The Kier molecular flexibility index (Phi) is 6.73. The molecule has 27 heavy (non-hydrogen) atoms. The molecule has 0 bridgehead atoms. The minimum Gasteiger partial charge on any atom is -0.341 e. The van der Waals surface area contributed by atoms with Crippen LogP contribution in [0.5, 0.6) is 0 Å². The summed E-state index contributed by atoms with van der Waals surface area (Å²) >= 11 is 7.85. The van der Waals surface area contributed by atoms with Gasteiger partial charge < -0.3 is 5.32 Å². The molecule has 1 aliphatic rings. The standard InChI is InChI=1S/C18H22ClN5O2S/c1-20-17(26)21-15(25)10-11-27-18-23-22-16(13-8-4-5-9-14(13)19)24(18)12-6-2-3-7-12/h4-5,8-9,12H,2-3,6-7,10-11H2,1H3,(H2,20,21,25,26). The molecular weight excluding hydrogens is 386 g/mol. The molecule has 2 aromatic rings. The third kappa shape index (κ3) is 4.81. The first-order valence-corrected chi connectivity index (χ1v) is 10.3. The third-order valence-corrected chi connectivity index (χ3v) is 5.78. The van der Waals surface area contributed by atoms with E-state index in [1.54, 1.807) is 0 Å². The van der Waals surface area contributed by atoms with Crippen LogP contribution in [0.1, 0.15) is 38.1 Å². The molecule has 0 aliphatic heterocycles. The fraction of sp³-hybridized carbons (Fsp3) is 0.444. The fourth-order valence-corrected chi connectivity index (χ4v) is 4.34. The van der Waals surface area contributed by atoms with Gasteiger partial charge in [0.1, 0.15) is 0 Å². The minimum atomic E-state index is -0.500. The molecule has 1 aromatic heterocycles. The summed E-state index contributed by atoms with van der Waals surface area (Å²) in [6.07, 6.45) is 4.75. The van der Waals surface area contributed by atoms with Crippen LogP contribution >= 0.6 is 23.4 Å². The Balaban J connectivity index is 1.76. The summed E-state index contributed by atoms with van der Waals surface area (Å²) in [5, 5.41) is 14.8. The van der Waals surface area contributed by atoms with Crippen LogP contribution in [0.25, 0.3) is 11.4 Å². The Labute approximate surface area is 167 Å². The lowest BCUT2D eigenvalue weighted by Crippen LogP contribution is -2.37. The van der Waals surface area contributed by atoms with Crippen molar-refractivity contribution >= 4 is 35.3 Å². The molecule has 7 nitrogen and oxygen atoms in total. The van der Waals surface area contributed by atoms with Crippen LogP contribution < -0.4 is 10.6 Å². The zero-order valence-electron chi connectivity index (χ0n) is 15.1. The molecule has 0 atom stereocenters. The Morgan fingerprint density at radius 1 is 1.26 bits per heavy atom. The predicted molar refractivity (Wildman–Crippen MR) is 106 cm³/mol. The van der Waals surface area contributed by atoms with Gasteiger partial charge in [-0.3, -0.25) is 14.7 Å². The largest absolute Gasteiger partial charge is 0.341 e. The summed E-state index contributed by atoms with van der Waals surface area (Å²) in [5.74, 6) is 0.959. The van der Waals surface area contributed by atoms with Crippen molar-refractivity contribution < 1.29 is 9.59 Å². The van der Waals surface area contributed by atoms with E-state index in [1.165, 1.54) is 31.7 Å². The molecule has 1 heterocycles. The number of halogens is 1. The van der Waals surface area contributed by atoms with Gasteiger partial charge in [0.25, 0.3) is 0 Å². The molecule has 144 valence electrons. The highest BCUT2D eigenvalue weighted by atomic mass is 35.5. The number of hydrogen-bond donors (Lipinski definition) is 2. The summed E-state index contributed by atoms with van der Waals surface area (Å²) in [6.45, 7) is 0. The van der Waals surface area contributed by atoms with Crippen LogP contribution in [0, 0.1) is 0 Å². The monoisotopic (exact) mass is 407 g/mol. The minimum absolute atomic E-state index is 0.219. The molecule has 3 amide bonds. The molecule has 9 heteroatoms. The molecule has 1 aromatic carbocycles. The van der Waals surface area contributed by atoms with Gasteiger partial charge in [-0.15, -0.1) is 10.2 Å². The summed E-state index contributed by atoms with van der Waals surface area (Å²) in [5.41, 5.74) is 0.864. The first-order valence-electron chi connectivity index (χ1n) is 8.94. The Morgan fingerprint density at radius 2 is 2.00 bits per heavy atom. The quantitative estimate of drug-likeness (QED) is 0.713. The van der Waals surface area contributed by atoms with E-state index in [0.29, 0.717) is 16.8 Å². The van der Waals surface area contributed by atoms with Crippen LogP contribution in [0.3, 0.4) is 0 Å². The average Bonchev–Trinajstić information content (AvgIpc) is 3.31. The number of hydrogen-bond acceptors (Lipinski definition) is 5. The van der Waals surface area contributed by atoms with Gasteiger partial charge in [-0.25, -0.2) is 4.79 Å². The lowest BCUT2D eigenvalue weighted by Gasteiger charge is -2.17. The number of carbonyl (C=O) groups is 2. The summed E-state index contributed by atoms with van der Waals surface area (Å²) in [6, 6.07) is 7.46.